The van der Waals surface area contributed by atoms with Crippen LogP contribution in [0.4, 0.5) is 4.39 Å². The highest BCUT2D eigenvalue weighted by molar-refractivity contribution is 7.89. The third-order valence-electron chi connectivity index (χ3n) is 3.65. The van der Waals surface area contributed by atoms with Gasteiger partial charge in [0.15, 0.2) is 11.5 Å². The van der Waals surface area contributed by atoms with Crippen molar-refractivity contribution in [3.63, 3.8) is 0 Å². The maximum atomic E-state index is 13.0. The van der Waals surface area contributed by atoms with Gasteiger partial charge in [0.1, 0.15) is 5.82 Å². The number of ether oxygens (including phenoxy) is 2. The van der Waals surface area contributed by atoms with Crippen molar-refractivity contribution in [2.75, 3.05) is 14.2 Å². The molecule has 3 rings (SSSR count). The van der Waals surface area contributed by atoms with E-state index in [4.69, 9.17) is 14.0 Å². The molecule has 2 aromatic carbocycles. The average molecular weight is 393 g/mol. The molecular formula is C17H16FN3O5S. The molecule has 1 N–H and O–H groups in total. The second kappa shape index (κ2) is 7.72. The predicted molar refractivity (Wildman–Crippen MR) is 93.3 cm³/mol. The van der Waals surface area contributed by atoms with Crippen LogP contribution in [-0.4, -0.2) is 32.8 Å². The van der Waals surface area contributed by atoms with Crippen LogP contribution in [-0.2, 0) is 16.6 Å². The Morgan fingerprint density at radius 3 is 2.44 bits per heavy atom. The van der Waals surface area contributed by atoms with Crippen LogP contribution in [0.15, 0.2) is 51.9 Å². The SMILES string of the molecule is COc1ccc(S(=O)(=O)NCc2nc(-c3ccc(F)cc3)no2)cc1OC. The molecule has 27 heavy (non-hydrogen) atoms. The minimum atomic E-state index is -3.84. The fraction of sp³-hybridized carbons (Fsp3) is 0.176. The van der Waals surface area contributed by atoms with Gasteiger partial charge < -0.3 is 14.0 Å². The van der Waals surface area contributed by atoms with Gasteiger partial charge in [0.05, 0.1) is 25.7 Å². The first-order valence-corrected chi connectivity index (χ1v) is 9.21. The average Bonchev–Trinajstić information content (AvgIpc) is 3.15. The Bertz CT molecular complexity index is 1030. The predicted octanol–water partition coefficient (Wildman–Crippen LogP) is 2.37. The molecule has 0 saturated heterocycles. The van der Waals surface area contributed by atoms with Gasteiger partial charge >= 0.3 is 0 Å². The number of methoxy groups -OCH3 is 2. The summed E-state index contributed by atoms with van der Waals surface area (Å²) in [5.41, 5.74) is 0.550. The summed E-state index contributed by atoms with van der Waals surface area (Å²) in [6, 6.07) is 9.76. The van der Waals surface area contributed by atoms with E-state index in [2.05, 4.69) is 14.9 Å². The molecule has 0 radical (unpaired) electrons. The third kappa shape index (κ3) is 4.23. The highest BCUT2D eigenvalue weighted by Gasteiger charge is 2.18. The van der Waals surface area contributed by atoms with Crippen molar-refractivity contribution in [3.05, 3.63) is 54.2 Å². The standard InChI is InChI=1S/C17H16FN3O5S/c1-24-14-8-7-13(9-15(14)25-2)27(22,23)19-10-16-20-17(21-26-16)11-3-5-12(18)6-4-11/h3-9,19H,10H2,1-2H3. The molecule has 1 aromatic heterocycles. The van der Waals surface area contributed by atoms with Crippen molar-refractivity contribution in [2.45, 2.75) is 11.4 Å². The van der Waals surface area contributed by atoms with E-state index in [1.807, 2.05) is 0 Å². The van der Waals surface area contributed by atoms with Crippen LogP contribution in [0.5, 0.6) is 11.5 Å². The lowest BCUT2D eigenvalue weighted by molar-refractivity contribution is 0.353. The number of sulfonamides is 1. The number of benzene rings is 2. The van der Waals surface area contributed by atoms with E-state index in [9.17, 15) is 12.8 Å². The number of rotatable bonds is 7. The summed E-state index contributed by atoms with van der Waals surface area (Å²) < 4.78 is 55.5. The Morgan fingerprint density at radius 1 is 1.07 bits per heavy atom. The van der Waals surface area contributed by atoms with Gasteiger partial charge in [-0.15, -0.1) is 0 Å². The van der Waals surface area contributed by atoms with Crippen LogP contribution in [0.2, 0.25) is 0 Å². The lowest BCUT2D eigenvalue weighted by atomic mass is 10.2. The smallest absolute Gasteiger partial charge is 0.242 e. The van der Waals surface area contributed by atoms with Crippen molar-refractivity contribution >= 4 is 10.0 Å². The van der Waals surface area contributed by atoms with Crippen LogP contribution >= 0.6 is 0 Å². The van der Waals surface area contributed by atoms with Gasteiger partial charge in [-0.2, -0.15) is 4.98 Å². The molecule has 142 valence electrons. The monoisotopic (exact) mass is 393 g/mol. The fourth-order valence-corrected chi connectivity index (χ4v) is 3.26. The fourth-order valence-electron chi connectivity index (χ4n) is 2.27. The summed E-state index contributed by atoms with van der Waals surface area (Å²) in [4.78, 5) is 4.09. The van der Waals surface area contributed by atoms with E-state index >= 15 is 0 Å². The minimum absolute atomic E-state index is 0.00146. The van der Waals surface area contributed by atoms with Crippen molar-refractivity contribution in [3.8, 4) is 22.9 Å². The zero-order valence-corrected chi connectivity index (χ0v) is 15.3. The maximum Gasteiger partial charge on any atom is 0.242 e. The minimum Gasteiger partial charge on any atom is -0.493 e. The number of nitrogens with zero attached hydrogens (tertiary/aromatic N) is 2. The first kappa shape index (κ1) is 18.8. The Kier molecular flexibility index (Phi) is 5.38. The molecule has 0 atom stereocenters. The Labute approximate surface area is 155 Å². The largest absolute Gasteiger partial charge is 0.493 e. The Balaban J connectivity index is 1.73. The van der Waals surface area contributed by atoms with Crippen molar-refractivity contribution in [1.82, 2.24) is 14.9 Å². The number of nitrogens with one attached hydrogen (secondary N) is 1. The lowest BCUT2D eigenvalue weighted by Gasteiger charge is -2.10. The molecule has 0 bridgehead atoms. The quantitative estimate of drug-likeness (QED) is 0.657. The Morgan fingerprint density at radius 2 is 1.78 bits per heavy atom. The third-order valence-corrected chi connectivity index (χ3v) is 5.05. The van der Waals surface area contributed by atoms with Crippen molar-refractivity contribution in [2.24, 2.45) is 0 Å². The maximum absolute atomic E-state index is 13.0. The van der Waals surface area contributed by atoms with Gasteiger partial charge in [0.2, 0.25) is 21.7 Å². The van der Waals surface area contributed by atoms with E-state index in [-0.39, 0.29) is 34.7 Å². The first-order chi connectivity index (χ1) is 12.9. The molecule has 0 spiro atoms. The molecule has 10 heteroatoms. The molecule has 0 amide bonds. The molecular weight excluding hydrogens is 377 g/mol. The van der Waals surface area contributed by atoms with Crippen molar-refractivity contribution < 1.29 is 26.8 Å². The van der Waals surface area contributed by atoms with Gasteiger partial charge in [0, 0.05) is 11.6 Å². The van der Waals surface area contributed by atoms with Crippen LogP contribution < -0.4 is 14.2 Å². The van der Waals surface area contributed by atoms with E-state index < -0.39 is 10.0 Å². The van der Waals surface area contributed by atoms with Gasteiger partial charge in [-0.05, 0) is 36.4 Å². The van der Waals surface area contributed by atoms with Crippen LogP contribution in [0, 0.1) is 5.82 Å². The summed E-state index contributed by atoms with van der Waals surface area (Å²) in [5.74, 6) is 0.618. The van der Waals surface area contributed by atoms with E-state index in [1.54, 1.807) is 0 Å². The molecule has 8 nitrogen and oxygen atoms in total. The summed E-state index contributed by atoms with van der Waals surface area (Å²) >= 11 is 0. The summed E-state index contributed by atoms with van der Waals surface area (Å²) in [6.45, 7) is -0.203. The van der Waals surface area contributed by atoms with Crippen LogP contribution in [0.3, 0.4) is 0 Å². The van der Waals surface area contributed by atoms with E-state index in [0.29, 0.717) is 11.3 Å². The zero-order chi connectivity index (χ0) is 19.4. The number of halogens is 1. The molecule has 1 heterocycles. The van der Waals surface area contributed by atoms with Crippen molar-refractivity contribution in [1.29, 1.82) is 0 Å². The second-order valence-corrected chi connectivity index (χ2v) is 7.13. The van der Waals surface area contributed by atoms with E-state index in [1.165, 1.54) is 56.7 Å². The highest BCUT2D eigenvalue weighted by atomic mass is 32.2. The first-order valence-electron chi connectivity index (χ1n) is 7.73. The normalized spacial score (nSPS) is 11.4. The zero-order valence-electron chi connectivity index (χ0n) is 14.5. The molecule has 0 aliphatic rings. The molecule has 0 fully saturated rings. The highest BCUT2D eigenvalue weighted by Crippen LogP contribution is 2.29. The molecule has 0 unspecified atom stereocenters. The van der Waals surface area contributed by atoms with Gasteiger partial charge in [-0.25, -0.2) is 17.5 Å². The Hall–Kier alpha value is -2.98. The molecule has 3 aromatic rings. The van der Waals surface area contributed by atoms with Gasteiger partial charge in [0.25, 0.3) is 0 Å². The van der Waals surface area contributed by atoms with Crippen LogP contribution in [0.1, 0.15) is 5.89 Å². The topological polar surface area (TPSA) is 104 Å². The lowest BCUT2D eigenvalue weighted by Crippen LogP contribution is -2.23. The molecule has 0 aliphatic heterocycles. The van der Waals surface area contributed by atoms with Gasteiger partial charge in [-0.3, -0.25) is 0 Å². The molecule has 0 saturated carbocycles. The summed E-state index contributed by atoms with van der Waals surface area (Å²) in [5, 5.41) is 3.76. The summed E-state index contributed by atoms with van der Waals surface area (Å²) in [7, 11) is -0.969. The van der Waals surface area contributed by atoms with Gasteiger partial charge in [-0.1, -0.05) is 5.16 Å². The number of hydrogen-bond donors (Lipinski definition) is 1. The number of hydrogen-bond acceptors (Lipinski definition) is 7. The number of aromatic nitrogens is 2. The van der Waals surface area contributed by atoms with Crippen LogP contribution in [0.25, 0.3) is 11.4 Å². The second-order valence-electron chi connectivity index (χ2n) is 5.36. The van der Waals surface area contributed by atoms with E-state index in [0.717, 1.165) is 0 Å². The molecule has 0 aliphatic carbocycles. The summed E-state index contributed by atoms with van der Waals surface area (Å²) in [6.07, 6.45) is 0.